The molecule has 0 saturated heterocycles. The molecule has 1 heterocycles. The third-order valence-electron chi connectivity index (χ3n) is 2.88. The van der Waals surface area contributed by atoms with Gasteiger partial charge in [-0.15, -0.1) is 0 Å². The lowest BCUT2D eigenvalue weighted by Gasteiger charge is -2.13. The maximum atomic E-state index is 12.2. The molecule has 0 unspecified atom stereocenters. The molecule has 1 aromatic carbocycles. The molecule has 0 atom stereocenters. The number of carbonyl (C=O) groups excluding carboxylic acids is 1. The normalized spacial score (nSPS) is 10.5. The Balaban J connectivity index is 2.27. The number of pyridine rings is 1. The summed E-state index contributed by atoms with van der Waals surface area (Å²) in [6, 6.07) is 11.1. The van der Waals surface area contributed by atoms with Gasteiger partial charge in [0.2, 0.25) is 0 Å². The van der Waals surface area contributed by atoms with Gasteiger partial charge in [0.25, 0.3) is 5.91 Å². The molecule has 3 N–H and O–H groups in total. The molecule has 0 aliphatic carbocycles. The first-order valence-electron chi connectivity index (χ1n) is 6.20. The van der Waals surface area contributed by atoms with Crippen LogP contribution in [0, 0.1) is 0 Å². The monoisotopic (exact) mass is 255 g/mol. The molecule has 0 saturated carbocycles. The van der Waals surface area contributed by atoms with E-state index in [0.29, 0.717) is 11.6 Å². The SMILES string of the molecule is CC(C)c1ccccc1NC(=O)c1ncccc1N. The third-order valence-corrected chi connectivity index (χ3v) is 2.88. The fraction of sp³-hybridized carbons (Fsp3) is 0.200. The van der Waals surface area contributed by atoms with Crippen molar-refractivity contribution >= 4 is 17.3 Å². The minimum absolute atomic E-state index is 0.251. The average molecular weight is 255 g/mol. The molecule has 1 aromatic heterocycles. The van der Waals surface area contributed by atoms with Gasteiger partial charge in [-0.05, 0) is 29.7 Å². The van der Waals surface area contributed by atoms with Crippen LogP contribution < -0.4 is 11.1 Å². The first-order valence-corrected chi connectivity index (χ1v) is 6.20. The smallest absolute Gasteiger partial charge is 0.276 e. The van der Waals surface area contributed by atoms with E-state index in [-0.39, 0.29) is 11.6 Å². The predicted molar refractivity (Wildman–Crippen MR) is 77.1 cm³/mol. The Labute approximate surface area is 112 Å². The van der Waals surface area contributed by atoms with Crippen LogP contribution in [0.25, 0.3) is 0 Å². The lowest BCUT2D eigenvalue weighted by molar-refractivity contribution is 0.102. The van der Waals surface area contributed by atoms with Crippen molar-refractivity contribution in [3.63, 3.8) is 0 Å². The molecule has 2 rings (SSSR count). The lowest BCUT2D eigenvalue weighted by Crippen LogP contribution is -2.16. The molecule has 0 aliphatic heterocycles. The summed E-state index contributed by atoms with van der Waals surface area (Å²) in [6.45, 7) is 4.17. The molecular weight excluding hydrogens is 238 g/mol. The molecule has 0 aliphatic rings. The molecule has 4 nitrogen and oxygen atoms in total. The van der Waals surface area contributed by atoms with E-state index < -0.39 is 0 Å². The standard InChI is InChI=1S/C15H17N3O/c1-10(2)11-6-3-4-8-13(11)18-15(19)14-12(16)7-5-9-17-14/h3-10H,16H2,1-2H3,(H,18,19). The third kappa shape index (κ3) is 2.91. The number of benzene rings is 1. The number of nitrogens with two attached hydrogens (primary N) is 1. The number of nitrogens with one attached hydrogen (secondary N) is 1. The Hall–Kier alpha value is -2.36. The highest BCUT2D eigenvalue weighted by Gasteiger charge is 2.13. The van der Waals surface area contributed by atoms with Crippen LogP contribution in [0.15, 0.2) is 42.6 Å². The second kappa shape index (κ2) is 5.52. The fourth-order valence-electron chi connectivity index (χ4n) is 1.90. The Kier molecular flexibility index (Phi) is 3.80. The molecule has 4 heteroatoms. The van der Waals surface area contributed by atoms with E-state index in [2.05, 4.69) is 24.1 Å². The van der Waals surface area contributed by atoms with Gasteiger partial charge in [-0.3, -0.25) is 4.79 Å². The van der Waals surface area contributed by atoms with Crippen molar-refractivity contribution in [1.82, 2.24) is 4.98 Å². The zero-order valence-electron chi connectivity index (χ0n) is 11.1. The van der Waals surface area contributed by atoms with Crippen LogP contribution in [0.1, 0.15) is 35.8 Å². The van der Waals surface area contributed by atoms with Crippen LogP contribution in [0.4, 0.5) is 11.4 Å². The number of amides is 1. The van der Waals surface area contributed by atoms with Gasteiger partial charge >= 0.3 is 0 Å². The molecule has 0 radical (unpaired) electrons. The Bertz CT molecular complexity index is 593. The molecule has 1 amide bonds. The number of aromatic nitrogens is 1. The topological polar surface area (TPSA) is 68.0 Å². The number of nitrogen functional groups attached to an aromatic ring is 1. The van der Waals surface area contributed by atoms with E-state index in [4.69, 9.17) is 5.73 Å². The zero-order chi connectivity index (χ0) is 13.8. The van der Waals surface area contributed by atoms with Gasteiger partial charge in [0.15, 0.2) is 5.69 Å². The predicted octanol–water partition coefficient (Wildman–Crippen LogP) is 3.04. The molecule has 0 fully saturated rings. The van der Waals surface area contributed by atoms with E-state index in [1.165, 1.54) is 0 Å². The lowest BCUT2D eigenvalue weighted by atomic mass is 10.0. The highest BCUT2D eigenvalue weighted by molar-refractivity contribution is 6.06. The minimum atomic E-state index is -0.286. The average Bonchev–Trinajstić information content (AvgIpc) is 2.39. The number of nitrogens with zero attached hydrogens (tertiary/aromatic N) is 1. The highest BCUT2D eigenvalue weighted by Crippen LogP contribution is 2.24. The fourth-order valence-corrected chi connectivity index (χ4v) is 1.90. The van der Waals surface area contributed by atoms with Crippen LogP contribution in [-0.4, -0.2) is 10.9 Å². The summed E-state index contributed by atoms with van der Waals surface area (Å²) in [7, 11) is 0. The summed E-state index contributed by atoms with van der Waals surface area (Å²) in [5, 5.41) is 2.87. The number of hydrogen-bond acceptors (Lipinski definition) is 3. The Morgan fingerprint density at radius 2 is 1.95 bits per heavy atom. The summed E-state index contributed by atoms with van der Waals surface area (Å²) in [5.74, 6) is 0.0452. The second-order valence-electron chi connectivity index (χ2n) is 4.64. The number of hydrogen-bond donors (Lipinski definition) is 2. The van der Waals surface area contributed by atoms with Crippen molar-refractivity contribution in [1.29, 1.82) is 0 Å². The molecule has 98 valence electrons. The van der Waals surface area contributed by atoms with Gasteiger partial charge in [-0.2, -0.15) is 0 Å². The maximum Gasteiger partial charge on any atom is 0.276 e. The zero-order valence-corrected chi connectivity index (χ0v) is 11.1. The molecule has 0 spiro atoms. The van der Waals surface area contributed by atoms with E-state index in [1.54, 1.807) is 18.3 Å². The van der Waals surface area contributed by atoms with Crippen molar-refractivity contribution in [3.05, 3.63) is 53.9 Å². The quantitative estimate of drug-likeness (QED) is 0.885. The van der Waals surface area contributed by atoms with E-state index in [1.807, 2.05) is 24.3 Å². The minimum Gasteiger partial charge on any atom is -0.397 e. The Morgan fingerprint density at radius 3 is 2.63 bits per heavy atom. The van der Waals surface area contributed by atoms with Crippen LogP contribution in [0.5, 0.6) is 0 Å². The van der Waals surface area contributed by atoms with Crippen molar-refractivity contribution in [2.45, 2.75) is 19.8 Å². The van der Waals surface area contributed by atoms with Gasteiger partial charge in [0, 0.05) is 11.9 Å². The number of para-hydroxylation sites is 1. The summed E-state index contributed by atoms with van der Waals surface area (Å²) < 4.78 is 0. The maximum absolute atomic E-state index is 12.2. The van der Waals surface area contributed by atoms with E-state index in [9.17, 15) is 4.79 Å². The highest BCUT2D eigenvalue weighted by atomic mass is 16.1. The summed E-state index contributed by atoms with van der Waals surface area (Å²) in [4.78, 5) is 16.2. The molecule has 0 bridgehead atoms. The first-order chi connectivity index (χ1) is 9.09. The van der Waals surface area contributed by atoms with Gasteiger partial charge < -0.3 is 11.1 Å². The van der Waals surface area contributed by atoms with Gasteiger partial charge in [-0.25, -0.2) is 4.98 Å². The Morgan fingerprint density at radius 1 is 1.21 bits per heavy atom. The number of carbonyl (C=O) groups is 1. The van der Waals surface area contributed by atoms with Crippen molar-refractivity contribution in [3.8, 4) is 0 Å². The molecular formula is C15H17N3O. The second-order valence-corrected chi connectivity index (χ2v) is 4.64. The molecule has 2 aromatic rings. The summed E-state index contributed by atoms with van der Waals surface area (Å²) in [5.41, 5.74) is 8.26. The van der Waals surface area contributed by atoms with E-state index in [0.717, 1.165) is 11.3 Å². The van der Waals surface area contributed by atoms with E-state index >= 15 is 0 Å². The first kappa shape index (κ1) is 13.1. The van der Waals surface area contributed by atoms with Crippen molar-refractivity contribution < 1.29 is 4.79 Å². The summed E-state index contributed by atoms with van der Waals surface area (Å²) in [6.07, 6.45) is 1.56. The number of anilines is 2. The van der Waals surface area contributed by atoms with Crippen LogP contribution >= 0.6 is 0 Å². The van der Waals surface area contributed by atoms with Gasteiger partial charge in [-0.1, -0.05) is 32.0 Å². The van der Waals surface area contributed by atoms with Crippen LogP contribution in [-0.2, 0) is 0 Å². The van der Waals surface area contributed by atoms with Crippen LogP contribution in [0.3, 0.4) is 0 Å². The van der Waals surface area contributed by atoms with Crippen molar-refractivity contribution in [2.24, 2.45) is 0 Å². The van der Waals surface area contributed by atoms with Crippen molar-refractivity contribution in [2.75, 3.05) is 11.1 Å². The largest absolute Gasteiger partial charge is 0.397 e. The number of rotatable bonds is 3. The van der Waals surface area contributed by atoms with Crippen LogP contribution in [0.2, 0.25) is 0 Å². The van der Waals surface area contributed by atoms with Gasteiger partial charge in [0.1, 0.15) is 0 Å². The summed E-state index contributed by atoms with van der Waals surface area (Å²) >= 11 is 0. The van der Waals surface area contributed by atoms with Gasteiger partial charge in [0.05, 0.1) is 5.69 Å². The molecule has 19 heavy (non-hydrogen) atoms.